The molecular weight excluding hydrogens is 242 g/mol. The summed E-state index contributed by atoms with van der Waals surface area (Å²) in [5.41, 5.74) is 2.59. The molecule has 0 radical (unpaired) electrons. The zero-order chi connectivity index (χ0) is 13.7. The first-order valence-corrected chi connectivity index (χ1v) is 6.62. The number of para-hydroxylation sites is 1. The summed E-state index contributed by atoms with van der Waals surface area (Å²) in [4.78, 5) is 13.8. The number of hydrogen-bond acceptors (Lipinski definition) is 4. The van der Waals surface area contributed by atoms with Gasteiger partial charge in [0.1, 0.15) is 12.4 Å². The van der Waals surface area contributed by atoms with Crippen LogP contribution in [0, 0.1) is 5.92 Å². The summed E-state index contributed by atoms with van der Waals surface area (Å²) in [5, 5.41) is 0. The number of likely N-dealkylation sites (N-methyl/N-ethyl adjacent to an activating group) is 1. The molecule has 1 amide bonds. The number of amides is 1. The molecule has 0 saturated heterocycles. The molecule has 3 N–H and O–H groups in total. The lowest BCUT2D eigenvalue weighted by atomic mass is 10.2. The molecule has 0 bridgehead atoms. The van der Waals surface area contributed by atoms with Crippen molar-refractivity contribution in [2.75, 3.05) is 26.7 Å². The van der Waals surface area contributed by atoms with Crippen LogP contribution in [0.4, 0.5) is 0 Å². The van der Waals surface area contributed by atoms with Crippen molar-refractivity contribution in [3.05, 3.63) is 29.8 Å². The van der Waals surface area contributed by atoms with E-state index in [4.69, 9.17) is 10.6 Å². The van der Waals surface area contributed by atoms with Gasteiger partial charge in [-0.25, -0.2) is 5.84 Å². The van der Waals surface area contributed by atoms with Gasteiger partial charge in [-0.2, -0.15) is 0 Å². The Kier molecular flexibility index (Phi) is 4.76. The number of nitrogens with two attached hydrogens (primary N) is 1. The average molecular weight is 263 g/mol. The highest BCUT2D eigenvalue weighted by Gasteiger charge is 2.22. The molecule has 19 heavy (non-hydrogen) atoms. The number of benzene rings is 1. The van der Waals surface area contributed by atoms with E-state index in [1.165, 1.54) is 12.8 Å². The van der Waals surface area contributed by atoms with Crippen LogP contribution < -0.4 is 16.0 Å². The van der Waals surface area contributed by atoms with Crippen LogP contribution in [0.2, 0.25) is 0 Å². The smallest absolute Gasteiger partial charge is 0.268 e. The highest BCUT2D eigenvalue weighted by atomic mass is 16.5. The fourth-order valence-electron chi connectivity index (χ4n) is 2.00. The molecule has 0 aromatic heterocycles. The number of carbonyl (C=O) groups excluding carboxylic acids is 1. The van der Waals surface area contributed by atoms with Crippen LogP contribution in [-0.4, -0.2) is 37.6 Å². The summed E-state index contributed by atoms with van der Waals surface area (Å²) in [6.45, 7) is 2.56. The molecule has 2 rings (SSSR count). The number of carbonyl (C=O) groups is 1. The minimum Gasteiger partial charge on any atom is -0.491 e. The van der Waals surface area contributed by atoms with Gasteiger partial charge in [0, 0.05) is 13.1 Å². The van der Waals surface area contributed by atoms with Crippen molar-refractivity contribution >= 4 is 5.91 Å². The average Bonchev–Trinajstić information content (AvgIpc) is 3.22. The summed E-state index contributed by atoms with van der Waals surface area (Å²) in [6, 6.07) is 7.12. The van der Waals surface area contributed by atoms with Gasteiger partial charge in [0.2, 0.25) is 0 Å². The van der Waals surface area contributed by atoms with Crippen molar-refractivity contribution in [1.82, 2.24) is 10.3 Å². The summed E-state index contributed by atoms with van der Waals surface area (Å²) in [5.74, 6) is 6.27. The maximum absolute atomic E-state index is 11.6. The Morgan fingerprint density at radius 3 is 2.89 bits per heavy atom. The Hall–Kier alpha value is -1.59. The third-order valence-corrected chi connectivity index (χ3v) is 3.26. The lowest BCUT2D eigenvalue weighted by Gasteiger charge is -2.17. The molecule has 0 unspecified atom stereocenters. The number of rotatable bonds is 7. The van der Waals surface area contributed by atoms with Gasteiger partial charge < -0.3 is 9.64 Å². The lowest BCUT2D eigenvalue weighted by Crippen LogP contribution is -2.31. The van der Waals surface area contributed by atoms with Crippen LogP contribution in [0.5, 0.6) is 5.75 Å². The predicted octanol–water partition coefficient (Wildman–Crippen LogP) is 1.01. The Balaban J connectivity index is 1.82. The van der Waals surface area contributed by atoms with E-state index in [0.717, 1.165) is 19.0 Å². The number of nitrogens with one attached hydrogen (secondary N) is 1. The summed E-state index contributed by atoms with van der Waals surface area (Å²) >= 11 is 0. The van der Waals surface area contributed by atoms with Crippen molar-refractivity contribution in [3.63, 3.8) is 0 Å². The first kappa shape index (κ1) is 13.8. The summed E-state index contributed by atoms with van der Waals surface area (Å²) < 4.78 is 5.67. The first-order valence-electron chi connectivity index (χ1n) is 6.62. The van der Waals surface area contributed by atoms with Crippen LogP contribution in [0.25, 0.3) is 0 Å². The second kappa shape index (κ2) is 6.54. The summed E-state index contributed by atoms with van der Waals surface area (Å²) in [7, 11) is 2.10. The molecule has 1 saturated carbocycles. The molecule has 0 heterocycles. The van der Waals surface area contributed by atoms with Crippen LogP contribution >= 0.6 is 0 Å². The van der Waals surface area contributed by atoms with Gasteiger partial charge in [-0.05, 0) is 37.9 Å². The van der Waals surface area contributed by atoms with Crippen molar-refractivity contribution < 1.29 is 9.53 Å². The largest absolute Gasteiger partial charge is 0.491 e. The van der Waals surface area contributed by atoms with Gasteiger partial charge in [-0.1, -0.05) is 12.1 Å². The monoisotopic (exact) mass is 263 g/mol. The molecule has 0 aliphatic heterocycles. The van der Waals surface area contributed by atoms with E-state index in [0.29, 0.717) is 17.9 Å². The fourth-order valence-corrected chi connectivity index (χ4v) is 2.00. The molecule has 0 spiro atoms. The lowest BCUT2D eigenvalue weighted by molar-refractivity contribution is 0.0949. The third-order valence-electron chi connectivity index (χ3n) is 3.26. The van der Waals surface area contributed by atoms with Gasteiger partial charge in [0.15, 0.2) is 0 Å². The third kappa shape index (κ3) is 4.22. The molecule has 5 heteroatoms. The molecule has 1 aromatic rings. The molecule has 104 valence electrons. The van der Waals surface area contributed by atoms with Crippen molar-refractivity contribution in [2.45, 2.75) is 12.8 Å². The molecule has 1 fully saturated rings. The number of nitrogen functional groups attached to an aromatic ring is 1. The summed E-state index contributed by atoms with van der Waals surface area (Å²) in [6.07, 6.45) is 2.70. The minimum atomic E-state index is -0.332. The molecule has 1 aliphatic rings. The standard InChI is InChI=1S/C14H21N3O2/c1-17(10-11-6-7-11)8-9-19-13-5-3-2-4-12(13)14(18)16-15/h2-5,11H,6-10,15H2,1H3,(H,16,18). The Labute approximate surface area is 113 Å². The van der Waals surface area contributed by atoms with Gasteiger partial charge in [0.05, 0.1) is 5.56 Å². The van der Waals surface area contributed by atoms with E-state index >= 15 is 0 Å². The number of ether oxygens (including phenoxy) is 1. The van der Waals surface area contributed by atoms with E-state index in [2.05, 4.69) is 17.4 Å². The predicted molar refractivity (Wildman–Crippen MR) is 73.8 cm³/mol. The first-order chi connectivity index (χ1) is 9.20. The Morgan fingerprint density at radius 1 is 1.47 bits per heavy atom. The van der Waals surface area contributed by atoms with Crippen LogP contribution in [0.15, 0.2) is 24.3 Å². The van der Waals surface area contributed by atoms with Crippen LogP contribution in [-0.2, 0) is 0 Å². The molecule has 0 atom stereocenters. The fraction of sp³-hybridized carbons (Fsp3) is 0.500. The molecule has 5 nitrogen and oxygen atoms in total. The highest BCUT2D eigenvalue weighted by Crippen LogP contribution is 2.29. The van der Waals surface area contributed by atoms with Gasteiger partial charge >= 0.3 is 0 Å². The van der Waals surface area contributed by atoms with Crippen LogP contribution in [0.3, 0.4) is 0 Å². The SMILES string of the molecule is CN(CCOc1ccccc1C(=O)NN)CC1CC1. The molecule has 1 aliphatic carbocycles. The second-order valence-electron chi connectivity index (χ2n) is 5.02. The van der Waals surface area contributed by atoms with Gasteiger partial charge in [-0.3, -0.25) is 10.2 Å². The topological polar surface area (TPSA) is 67.6 Å². The van der Waals surface area contributed by atoms with E-state index in [1.54, 1.807) is 18.2 Å². The van der Waals surface area contributed by atoms with Gasteiger partial charge in [-0.15, -0.1) is 0 Å². The highest BCUT2D eigenvalue weighted by molar-refractivity contribution is 5.96. The zero-order valence-corrected chi connectivity index (χ0v) is 11.3. The minimum absolute atomic E-state index is 0.332. The van der Waals surface area contributed by atoms with Crippen molar-refractivity contribution in [2.24, 2.45) is 11.8 Å². The Bertz CT molecular complexity index is 432. The Morgan fingerprint density at radius 2 is 2.21 bits per heavy atom. The number of hydrogen-bond donors (Lipinski definition) is 2. The number of nitrogens with zero attached hydrogens (tertiary/aromatic N) is 1. The maximum atomic E-state index is 11.6. The van der Waals surface area contributed by atoms with Gasteiger partial charge in [0.25, 0.3) is 5.91 Å². The number of hydrazine groups is 1. The normalized spacial score (nSPS) is 14.5. The van der Waals surface area contributed by atoms with Crippen molar-refractivity contribution in [3.8, 4) is 5.75 Å². The maximum Gasteiger partial charge on any atom is 0.268 e. The van der Waals surface area contributed by atoms with E-state index in [9.17, 15) is 4.79 Å². The molecular formula is C14H21N3O2. The zero-order valence-electron chi connectivity index (χ0n) is 11.3. The van der Waals surface area contributed by atoms with E-state index < -0.39 is 0 Å². The van der Waals surface area contributed by atoms with Crippen LogP contribution in [0.1, 0.15) is 23.2 Å². The van der Waals surface area contributed by atoms with E-state index in [1.807, 2.05) is 6.07 Å². The quantitative estimate of drug-likeness (QED) is 0.438. The van der Waals surface area contributed by atoms with E-state index in [-0.39, 0.29) is 5.91 Å². The molecule has 1 aromatic carbocycles. The second-order valence-corrected chi connectivity index (χ2v) is 5.02. The van der Waals surface area contributed by atoms with Crippen molar-refractivity contribution in [1.29, 1.82) is 0 Å².